The molecule has 1 saturated heterocycles. The number of anilines is 1. The number of carbonyl (C=O) groups is 1. The normalized spacial score (nSPS) is 15.5. The lowest BCUT2D eigenvalue weighted by atomic mass is 9.96. The summed E-state index contributed by atoms with van der Waals surface area (Å²) < 4.78 is 0. The zero-order chi connectivity index (χ0) is 14.8. The topological polar surface area (TPSA) is 58.1 Å². The van der Waals surface area contributed by atoms with Crippen molar-refractivity contribution in [3.63, 3.8) is 0 Å². The number of amides is 1. The molecule has 0 unspecified atom stereocenters. The second-order valence-electron chi connectivity index (χ2n) is 6.43. The molecule has 110 valence electrons. The fraction of sp³-hybridized carbons (Fsp3) is 0.667. The van der Waals surface area contributed by atoms with Crippen LogP contribution in [-0.4, -0.2) is 29.0 Å². The third-order valence-corrected chi connectivity index (χ3v) is 3.40. The maximum absolute atomic E-state index is 11.9. The van der Waals surface area contributed by atoms with Crippen LogP contribution in [0.5, 0.6) is 0 Å². The van der Waals surface area contributed by atoms with Crippen molar-refractivity contribution >= 4 is 11.9 Å². The number of carbonyl (C=O) groups excluding carboxylic acids is 1. The number of nitrogens with zero attached hydrogens (tertiary/aromatic N) is 3. The molecule has 0 aromatic carbocycles. The maximum atomic E-state index is 11.9. The molecule has 20 heavy (non-hydrogen) atoms. The molecule has 5 nitrogen and oxygen atoms in total. The number of aromatic nitrogens is 2. The van der Waals surface area contributed by atoms with Crippen LogP contribution in [0.2, 0.25) is 0 Å². The molecule has 1 amide bonds. The molecule has 0 spiro atoms. The summed E-state index contributed by atoms with van der Waals surface area (Å²) in [6.07, 6.45) is 2.40. The molecule has 0 bridgehead atoms. The highest BCUT2D eigenvalue weighted by Crippen LogP contribution is 2.17. The van der Waals surface area contributed by atoms with Crippen LogP contribution in [0, 0.1) is 12.3 Å². The van der Waals surface area contributed by atoms with E-state index in [0.29, 0.717) is 6.54 Å². The van der Waals surface area contributed by atoms with Crippen molar-refractivity contribution in [2.45, 2.75) is 47.1 Å². The van der Waals surface area contributed by atoms with E-state index >= 15 is 0 Å². The lowest BCUT2D eigenvalue weighted by Crippen LogP contribution is -2.34. The van der Waals surface area contributed by atoms with Gasteiger partial charge in [-0.2, -0.15) is 0 Å². The fourth-order valence-electron chi connectivity index (χ4n) is 2.20. The molecule has 0 radical (unpaired) electrons. The largest absolute Gasteiger partial charge is 0.350 e. The van der Waals surface area contributed by atoms with Crippen molar-refractivity contribution in [1.29, 1.82) is 0 Å². The average molecular weight is 276 g/mol. The highest BCUT2D eigenvalue weighted by molar-refractivity contribution is 5.81. The van der Waals surface area contributed by atoms with Gasteiger partial charge in [0.25, 0.3) is 0 Å². The summed E-state index contributed by atoms with van der Waals surface area (Å²) in [6, 6.07) is 1.93. The third kappa shape index (κ3) is 3.68. The van der Waals surface area contributed by atoms with E-state index in [2.05, 4.69) is 20.2 Å². The molecule has 0 atom stereocenters. The van der Waals surface area contributed by atoms with Crippen LogP contribution in [0.4, 0.5) is 5.95 Å². The monoisotopic (exact) mass is 276 g/mol. The van der Waals surface area contributed by atoms with Crippen molar-refractivity contribution in [2.24, 2.45) is 5.41 Å². The Bertz CT molecular complexity index is 487. The molecule has 1 aliphatic rings. The first-order valence-electron chi connectivity index (χ1n) is 7.24. The summed E-state index contributed by atoms with van der Waals surface area (Å²) in [5, 5.41) is 2.94. The highest BCUT2D eigenvalue weighted by Gasteiger charge is 2.21. The van der Waals surface area contributed by atoms with E-state index in [9.17, 15) is 4.79 Å². The fourth-order valence-corrected chi connectivity index (χ4v) is 2.20. The predicted octanol–water partition coefficient (Wildman–Crippen LogP) is 2.05. The van der Waals surface area contributed by atoms with Gasteiger partial charge in [0, 0.05) is 24.2 Å². The molecular weight excluding hydrogens is 252 g/mol. The van der Waals surface area contributed by atoms with Crippen molar-refractivity contribution in [3.8, 4) is 0 Å². The van der Waals surface area contributed by atoms with Crippen molar-refractivity contribution < 1.29 is 4.79 Å². The number of hydrogen-bond donors (Lipinski definition) is 1. The van der Waals surface area contributed by atoms with Crippen LogP contribution in [0.15, 0.2) is 6.07 Å². The summed E-state index contributed by atoms with van der Waals surface area (Å²) in [7, 11) is 0. The SMILES string of the molecule is Cc1cc(CNC(=O)C(C)(C)C)nc(N2CCCC2)n1. The molecule has 1 fully saturated rings. The zero-order valence-electron chi connectivity index (χ0n) is 12.9. The van der Waals surface area contributed by atoms with Gasteiger partial charge in [-0.05, 0) is 25.8 Å². The van der Waals surface area contributed by atoms with E-state index in [1.165, 1.54) is 12.8 Å². The summed E-state index contributed by atoms with van der Waals surface area (Å²) >= 11 is 0. The molecule has 1 aromatic heterocycles. The number of rotatable bonds is 3. The van der Waals surface area contributed by atoms with E-state index in [0.717, 1.165) is 30.4 Å². The van der Waals surface area contributed by atoms with Crippen LogP contribution in [0.3, 0.4) is 0 Å². The van der Waals surface area contributed by atoms with E-state index in [-0.39, 0.29) is 11.3 Å². The summed E-state index contributed by atoms with van der Waals surface area (Å²) in [5.74, 6) is 0.832. The molecule has 2 heterocycles. The molecule has 1 aromatic rings. The third-order valence-electron chi connectivity index (χ3n) is 3.40. The van der Waals surface area contributed by atoms with Gasteiger partial charge in [0.1, 0.15) is 0 Å². The molecule has 2 rings (SSSR count). The van der Waals surface area contributed by atoms with Gasteiger partial charge >= 0.3 is 0 Å². The Hall–Kier alpha value is -1.65. The van der Waals surface area contributed by atoms with Crippen LogP contribution in [-0.2, 0) is 11.3 Å². The van der Waals surface area contributed by atoms with E-state index in [1.54, 1.807) is 0 Å². The van der Waals surface area contributed by atoms with Gasteiger partial charge in [-0.1, -0.05) is 20.8 Å². The number of hydrogen-bond acceptors (Lipinski definition) is 4. The van der Waals surface area contributed by atoms with Crippen LogP contribution >= 0.6 is 0 Å². The summed E-state index contributed by atoms with van der Waals surface area (Å²) in [4.78, 5) is 23.2. The van der Waals surface area contributed by atoms with Gasteiger partial charge < -0.3 is 10.2 Å². The van der Waals surface area contributed by atoms with Crippen LogP contribution < -0.4 is 10.2 Å². The minimum atomic E-state index is -0.375. The Morgan fingerprint density at radius 1 is 1.30 bits per heavy atom. The van der Waals surface area contributed by atoms with E-state index in [1.807, 2.05) is 33.8 Å². The second kappa shape index (κ2) is 5.77. The number of aryl methyl sites for hydroxylation is 1. The molecular formula is C15H24N4O. The van der Waals surface area contributed by atoms with Gasteiger partial charge in [0.2, 0.25) is 11.9 Å². The van der Waals surface area contributed by atoms with Crippen LogP contribution in [0.25, 0.3) is 0 Å². The smallest absolute Gasteiger partial charge is 0.225 e. The predicted molar refractivity (Wildman–Crippen MR) is 79.5 cm³/mol. The van der Waals surface area contributed by atoms with Gasteiger partial charge in [0.05, 0.1) is 12.2 Å². The average Bonchev–Trinajstić information content (AvgIpc) is 2.88. The Morgan fingerprint density at radius 2 is 1.95 bits per heavy atom. The van der Waals surface area contributed by atoms with Crippen molar-refractivity contribution in [2.75, 3.05) is 18.0 Å². The Labute approximate surface area is 120 Å². The van der Waals surface area contributed by atoms with Crippen LogP contribution in [0.1, 0.15) is 45.0 Å². The second-order valence-corrected chi connectivity index (χ2v) is 6.43. The first-order chi connectivity index (χ1) is 9.36. The quantitative estimate of drug-likeness (QED) is 0.918. The maximum Gasteiger partial charge on any atom is 0.225 e. The number of nitrogens with one attached hydrogen (secondary N) is 1. The van der Waals surface area contributed by atoms with Gasteiger partial charge in [-0.15, -0.1) is 0 Å². The lowest BCUT2D eigenvalue weighted by Gasteiger charge is -2.19. The molecule has 0 aliphatic carbocycles. The van der Waals surface area contributed by atoms with Gasteiger partial charge in [-0.3, -0.25) is 4.79 Å². The van der Waals surface area contributed by atoms with Gasteiger partial charge in [-0.25, -0.2) is 9.97 Å². The minimum Gasteiger partial charge on any atom is -0.350 e. The lowest BCUT2D eigenvalue weighted by molar-refractivity contribution is -0.128. The molecule has 1 aliphatic heterocycles. The Kier molecular flexibility index (Phi) is 4.26. The summed E-state index contributed by atoms with van der Waals surface area (Å²) in [6.45, 7) is 10.2. The van der Waals surface area contributed by atoms with E-state index in [4.69, 9.17) is 0 Å². The first kappa shape index (κ1) is 14.8. The van der Waals surface area contributed by atoms with Crippen molar-refractivity contribution in [1.82, 2.24) is 15.3 Å². The molecule has 5 heteroatoms. The Balaban J connectivity index is 2.06. The van der Waals surface area contributed by atoms with Crippen molar-refractivity contribution in [3.05, 3.63) is 17.5 Å². The Morgan fingerprint density at radius 3 is 2.55 bits per heavy atom. The molecule has 1 N–H and O–H groups in total. The standard InChI is InChI=1S/C15H24N4O/c1-11-9-12(10-16-13(20)15(2,3)4)18-14(17-11)19-7-5-6-8-19/h9H,5-8,10H2,1-4H3,(H,16,20). The highest BCUT2D eigenvalue weighted by atomic mass is 16.2. The first-order valence-corrected chi connectivity index (χ1v) is 7.24. The molecule has 0 saturated carbocycles. The van der Waals surface area contributed by atoms with E-state index < -0.39 is 0 Å². The van der Waals surface area contributed by atoms with Gasteiger partial charge in [0.15, 0.2) is 0 Å². The summed E-state index contributed by atoms with van der Waals surface area (Å²) in [5.41, 5.74) is 1.44. The zero-order valence-corrected chi connectivity index (χ0v) is 12.9. The minimum absolute atomic E-state index is 0.0384.